The van der Waals surface area contributed by atoms with Gasteiger partial charge in [0.1, 0.15) is 0 Å². The highest BCUT2D eigenvalue weighted by atomic mass is 35.5. The lowest BCUT2D eigenvalue weighted by molar-refractivity contribution is -0.137. The number of anilines is 1. The number of rotatable bonds is 1. The molecule has 0 aliphatic carbocycles. The van der Waals surface area contributed by atoms with E-state index in [9.17, 15) is 18.0 Å². The summed E-state index contributed by atoms with van der Waals surface area (Å²) in [5.41, 5.74) is 4.64. The number of carbonyl (C=O) groups excluding carboxylic acids is 1. The van der Waals surface area contributed by atoms with Gasteiger partial charge in [-0.3, -0.25) is 9.69 Å². The Bertz CT molecular complexity index is 492. The first kappa shape index (κ1) is 13.1. The maximum absolute atomic E-state index is 12.4. The quantitative estimate of drug-likeness (QED) is 0.853. The monoisotopic (exact) mass is 279 g/mol. The second-order valence-electron chi connectivity index (χ2n) is 4.00. The summed E-state index contributed by atoms with van der Waals surface area (Å²) in [6.45, 7) is 0.205. The van der Waals surface area contributed by atoms with Crippen molar-refractivity contribution >= 4 is 23.3 Å². The third-order valence-corrected chi connectivity index (χ3v) is 2.84. The second kappa shape index (κ2) is 4.40. The summed E-state index contributed by atoms with van der Waals surface area (Å²) in [6.07, 6.45) is -3.72. The maximum atomic E-state index is 12.4. The van der Waals surface area contributed by atoms with Crippen LogP contribution >= 0.6 is 11.6 Å². The molecule has 2 rings (SSSR count). The van der Waals surface area contributed by atoms with Gasteiger partial charge in [0.25, 0.3) is 0 Å². The van der Waals surface area contributed by atoms with E-state index < -0.39 is 11.7 Å². The number of alkyl halides is 3. The molecule has 0 radical (unpaired) electrons. The number of hydrogen-bond acceptors (Lipinski definition) is 3. The topological polar surface area (TPSA) is 59.2 Å². The average Bonchev–Trinajstić information content (AvgIpc) is 2.56. The van der Waals surface area contributed by atoms with Crippen LogP contribution < -0.4 is 10.6 Å². The first-order chi connectivity index (χ1) is 8.29. The van der Waals surface area contributed by atoms with Gasteiger partial charge < -0.3 is 5.73 Å². The first-order valence-corrected chi connectivity index (χ1v) is 5.45. The molecule has 1 unspecified atom stereocenters. The summed E-state index contributed by atoms with van der Waals surface area (Å²) in [4.78, 5) is 16.4. The van der Waals surface area contributed by atoms with Crippen LogP contribution in [0.2, 0.25) is 5.02 Å². The Morgan fingerprint density at radius 1 is 1.50 bits per heavy atom. The molecule has 18 heavy (non-hydrogen) atoms. The number of hydrogen-bond donors (Lipinski definition) is 1. The summed E-state index contributed by atoms with van der Waals surface area (Å²) in [5, 5.41) is -0.215. The average molecular weight is 280 g/mol. The Balaban J connectivity index is 2.34. The molecule has 1 fully saturated rings. The van der Waals surface area contributed by atoms with Gasteiger partial charge in [0.2, 0.25) is 5.91 Å². The molecule has 0 saturated carbocycles. The van der Waals surface area contributed by atoms with Crippen molar-refractivity contribution in [1.82, 2.24) is 4.98 Å². The predicted octanol–water partition coefficient (Wildman–Crippen LogP) is 1.82. The predicted molar refractivity (Wildman–Crippen MR) is 59.2 cm³/mol. The van der Waals surface area contributed by atoms with E-state index in [1.54, 1.807) is 0 Å². The number of aromatic nitrogens is 1. The molecule has 0 aromatic carbocycles. The summed E-state index contributed by atoms with van der Waals surface area (Å²) < 4.78 is 37.2. The number of pyridine rings is 1. The fraction of sp³-hybridized carbons (Fsp3) is 0.400. The minimum absolute atomic E-state index is 0.0163. The highest BCUT2D eigenvalue weighted by Crippen LogP contribution is 2.34. The molecule has 8 heteroatoms. The van der Waals surface area contributed by atoms with Crippen LogP contribution in [0, 0.1) is 0 Å². The van der Waals surface area contributed by atoms with Crippen molar-refractivity contribution in [2.75, 3.05) is 11.4 Å². The number of nitrogens with two attached hydrogens (primary N) is 1. The third kappa shape index (κ3) is 2.41. The molecule has 1 aliphatic rings. The molecular weight excluding hydrogens is 271 g/mol. The fourth-order valence-electron chi connectivity index (χ4n) is 1.72. The van der Waals surface area contributed by atoms with Crippen molar-refractivity contribution in [2.45, 2.75) is 18.6 Å². The van der Waals surface area contributed by atoms with Crippen LogP contribution in [0.3, 0.4) is 0 Å². The van der Waals surface area contributed by atoms with Gasteiger partial charge >= 0.3 is 6.18 Å². The van der Waals surface area contributed by atoms with Gasteiger partial charge in [-0.2, -0.15) is 13.2 Å². The van der Waals surface area contributed by atoms with Crippen LogP contribution in [0.5, 0.6) is 0 Å². The Kier molecular flexibility index (Phi) is 3.20. The van der Waals surface area contributed by atoms with Crippen molar-refractivity contribution in [3.8, 4) is 0 Å². The second-order valence-corrected chi connectivity index (χ2v) is 4.40. The molecule has 2 N–H and O–H groups in total. The minimum atomic E-state index is -4.51. The van der Waals surface area contributed by atoms with Crippen LogP contribution in [0.25, 0.3) is 0 Å². The van der Waals surface area contributed by atoms with E-state index in [0.29, 0.717) is 6.20 Å². The number of nitrogens with zero attached hydrogens (tertiary/aromatic N) is 2. The molecular formula is C10H9ClF3N3O. The van der Waals surface area contributed by atoms with E-state index >= 15 is 0 Å². The Labute approximate surface area is 106 Å². The summed E-state index contributed by atoms with van der Waals surface area (Å²) in [7, 11) is 0. The van der Waals surface area contributed by atoms with E-state index in [-0.39, 0.29) is 35.8 Å². The number of carbonyl (C=O) groups is 1. The van der Waals surface area contributed by atoms with E-state index in [4.69, 9.17) is 17.3 Å². The van der Waals surface area contributed by atoms with E-state index in [1.165, 1.54) is 4.90 Å². The lowest BCUT2D eigenvalue weighted by Crippen LogP contribution is -2.29. The Hall–Kier alpha value is -1.34. The Morgan fingerprint density at radius 3 is 2.61 bits per heavy atom. The van der Waals surface area contributed by atoms with Crippen molar-refractivity contribution in [1.29, 1.82) is 0 Å². The van der Waals surface area contributed by atoms with Crippen molar-refractivity contribution in [2.24, 2.45) is 5.73 Å². The molecule has 98 valence electrons. The largest absolute Gasteiger partial charge is 0.417 e. The summed E-state index contributed by atoms with van der Waals surface area (Å²) in [6, 6.07) is 0.402. The lowest BCUT2D eigenvalue weighted by atomic mass is 10.2. The first-order valence-electron chi connectivity index (χ1n) is 5.07. The normalized spacial score (nSPS) is 20.6. The zero-order valence-electron chi connectivity index (χ0n) is 9.04. The molecule has 0 spiro atoms. The number of amides is 1. The molecule has 1 atom stereocenters. The molecule has 2 heterocycles. The lowest BCUT2D eigenvalue weighted by Gasteiger charge is -2.17. The van der Waals surface area contributed by atoms with Crippen molar-refractivity contribution in [3.63, 3.8) is 0 Å². The van der Waals surface area contributed by atoms with Gasteiger partial charge in [0.15, 0.2) is 5.82 Å². The van der Waals surface area contributed by atoms with Crippen LogP contribution in [0.15, 0.2) is 12.3 Å². The zero-order chi connectivity index (χ0) is 13.5. The zero-order valence-corrected chi connectivity index (χ0v) is 9.79. The fourth-order valence-corrected chi connectivity index (χ4v) is 1.99. The van der Waals surface area contributed by atoms with Gasteiger partial charge in [-0.25, -0.2) is 4.98 Å². The molecule has 1 aliphatic heterocycles. The van der Waals surface area contributed by atoms with E-state index in [2.05, 4.69) is 4.98 Å². The van der Waals surface area contributed by atoms with Crippen LogP contribution in [-0.2, 0) is 11.0 Å². The summed E-state index contributed by atoms with van der Waals surface area (Å²) >= 11 is 5.73. The van der Waals surface area contributed by atoms with E-state index in [1.807, 2.05) is 0 Å². The van der Waals surface area contributed by atoms with Gasteiger partial charge in [-0.1, -0.05) is 11.6 Å². The third-order valence-electron chi connectivity index (χ3n) is 2.56. The molecule has 1 saturated heterocycles. The van der Waals surface area contributed by atoms with Gasteiger partial charge in [0, 0.05) is 25.2 Å². The molecule has 1 amide bonds. The molecule has 0 bridgehead atoms. The van der Waals surface area contributed by atoms with E-state index in [0.717, 1.165) is 6.07 Å². The van der Waals surface area contributed by atoms with Crippen molar-refractivity contribution < 1.29 is 18.0 Å². The smallest absolute Gasteiger partial charge is 0.326 e. The van der Waals surface area contributed by atoms with Gasteiger partial charge in [0.05, 0.1) is 10.6 Å². The van der Waals surface area contributed by atoms with Crippen molar-refractivity contribution in [3.05, 3.63) is 22.8 Å². The highest BCUT2D eigenvalue weighted by molar-refractivity contribution is 6.33. The maximum Gasteiger partial charge on any atom is 0.417 e. The van der Waals surface area contributed by atoms with Gasteiger partial charge in [-0.15, -0.1) is 0 Å². The van der Waals surface area contributed by atoms with Gasteiger partial charge in [-0.05, 0) is 6.07 Å². The SMILES string of the molecule is NC1CC(=O)N(c2ncc(C(F)(F)F)cc2Cl)C1. The summed E-state index contributed by atoms with van der Waals surface area (Å²) in [5.74, 6) is -0.278. The minimum Gasteiger partial charge on any atom is -0.326 e. The Morgan fingerprint density at radius 2 is 2.17 bits per heavy atom. The standard InChI is InChI=1S/C10H9ClF3N3O/c11-7-1-5(10(12,13)14)3-16-9(7)17-4-6(15)2-8(17)18/h1,3,6H,2,4,15H2. The molecule has 1 aromatic rings. The highest BCUT2D eigenvalue weighted by Gasteiger charge is 2.34. The number of halogens is 4. The van der Waals surface area contributed by atoms with Crippen LogP contribution in [0.1, 0.15) is 12.0 Å². The molecule has 1 aromatic heterocycles. The van der Waals surface area contributed by atoms with Crippen LogP contribution in [-0.4, -0.2) is 23.5 Å². The molecule has 4 nitrogen and oxygen atoms in total. The van der Waals surface area contributed by atoms with Crippen LogP contribution in [0.4, 0.5) is 19.0 Å².